The number of carbonyl (C=O) groups is 1. The Morgan fingerprint density at radius 2 is 1.61 bits per heavy atom. The molecule has 5 heteroatoms. The third-order valence-electron chi connectivity index (χ3n) is 3.20. The fraction of sp³-hybridized carbons (Fsp3) is 0.923. The topological polar surface area (TPSA) is 63.2 Å². The summed E-state index contributed by atoms with van der Waals surface area (Å²) in [7, 11) is -1.93. The van der Waals surface area contributed by atoms with Gasteiger partial charge in [0.25, 0.3) is 0 Å². The lowest BCUT2D eigenvalue weighted by Crippen LogP contribution is -2.43. The molecule has 0 spiro atoms. The third kappa shape index (κ3) is 4.69. The second-order valence-corrected chi connectivity index (χ2v) is 9.13. The van der Waals surface area contributed by atoms with E-state index in [1.165, 1.54) is 7.05 Å². The number of hydrogen-bond donors (Lipinski definition) is 1. The summed E-state index contributed by atoms with van der Waals surface area (Å²) in [5.41, 5.74) is -0.325. The van der Waals surface area contributed by atoms with Crippen LogP contribution in [0, 0.1) is 11.3 Å². The summed E-state index contributed by atoms with van der Waals surface area (Å²) in [6, 6.07) is 0. The highest BCUT2D eigenvalue weighted by Gasteiger charge is 2.39. The van der Waals surface area contributed by atoms with Gasteiger partial charge in [-0.1, -0.05) is 27.7 Å². The van der Waals surface area contributed by atoms with Crippen molar-refractivity contribution in [2.45, 2.75) is 59.1 Å². The van der Waals surface area contributed by atoms with Gasteiger partial charge in [-0.05, 0) is 32.7 Å². The largest absolute Gasteiger partial charge is 0.299 e. The van der Waals surface area contributed by atoms with Crippen molar-refractivity contribution in [1.82, 2.24) is 4.72 Å². The summed E-state index contributed by atoms with van der Waals surface area (Å²) in [6.45, 7) is 11.0. The molecule has 0 aliphatic heterocycles. The minimum absolute atomic E-state index is 0.00621. The van der Waals surface area contributed by atoms with Crippen LogP contribution in [0.2, 0.25) is 0 Å². The van der Waals surface area contributed by atoms with Crippen LogP contribution in [0.15, 0.2) is 0 Å². The molecule has 0 aromatic rings. The molecule has 0 atom stereocenters. The number of Topliss-reactive ketones (excluding diaryl/α,β-unsaturated/α-hetero) is 1. The van der Waals surface area contributed by atoms with Crippen molar-refractivity contribution >= 4 is 15.8 Å². The first kappa shape index (κ1) is 17.6. The van der Waals surface area contributed by atoms with E-state index in [2.05, 4.69) is 4.72 Å². The van der Waals surface area contributed by atoms with E-state index in [0.29, 0.717) is 12.8 Å². The lowest BCUT2D eigenvalue weighted by Gasteiger charge is -2.34. The van der Waals surface area contributed by atoms with Gasteiger partial charge in [0.15, 0.2) is 0 Å². The minimum Gasteiger partial charge on any atom is -0.299 e. The number of hydrogen-bond acceptors (Lipinski definition) is 3. The molecule has 0 fully saturated rings. The smallest absolute Gasteiger partial charge is 0.216 e. The fourth-order valence-corrected chi connectivity index (χ4v) is 3.40. The van der Waals surface area contributed by atoms with Gasteiger partial charge < -0.3 is 0 Å². The highest BCUT2D eigenvalue weighted by Crippen LogP contribution is 2.35. The van der Waals surface area contributed by atoms with E-state index >= 15 is 0 Å². The zero-order valence-corrected chi connectivity index (χ0v) is 13.4. The number of carbonyl (C=O) groups excluding carboxylic acids is 1. The van der Waals surface area contributed by atoms with Crippen molar-refractivity contribution in [1.29, 1.82) is 0 Å². The first-order chi connectivity index (χ1) is 7.84. The van der Waals surface area contributed by atoms with Crippen LogP contribution in [0.25, 0.3) is 0 Å². The van der Waals surface area contributed by atoms with Crippen molar-refractivity contribution in [3.63, 3.8) is 0 Å². The molecule has 0 aliphatic rings. The highest BCUT2D eigenvalue weighted by atomic mass is 32.2. The Morgan fingerprint density at radius 1 is 1.17 bits per heavy atom. The maximum atomic E-state index is 11.9. The molecule has 0 saturated carbocycles. The fourth-order valence-electron chi connectivity index (χ4n) is 2.26. The van der Waals surface area contributed by atoms with E-state index in [-0.39, 0.29) is 17.1 Å². The Hall–Kier alpha value is -0.420. The number of nitrogens with one attached hydrogen (secondary N) is 1. The third-order valence-corrected chi connectivity index (χ3v) is 5.33. The van der Waals surface area contributed by atoms with Gasteiger partial charge in [0.05, 0.1) is 4.75 Å². The van der Waals surface area contributed by atoms with Crippen molar-refractivity contribution in [3.8, 4) is 0 Å². The summed E-state index contributed by atoms with van der Waals surface area (Å²) in [6.07, 6.45) is 0.856. The molecule has 0 rings (SSSR count). The van der Waals surface area contributed by atoms with Gasteiger partial charge >= 0.3 is 0 Å². The molecule has 0 unspecified atom stereocenters. The lowest BCUT2D eigenvalue weighted by molar-refractivity contribution is -0.124. The number of sulfonamides is 1. The Bertz CT molecular complexity index is 394. The van der Waals surface area contributed by atoms with Crippen LogP contribution in [0.5, 0.6) is 0 Å². The van der Waals surface area contributed by atoms with E-state index in [0.717, 1.165) is 0 Å². The standard InChI is InChI=1S/C13H27NO3S/c1-10(2)11(15)8-12(3,4)9-13(5,6)18(16,17)14-7/h10,14H,8-9H2,1-7H3. The first-order valence-corrected chi connectivity index (χ1v) is 7.79. The van der Waals surface area contributed by atoms with E-state index in [1.54, 1.807) is 13.8 Å². The molecule has 0 radical (unpaired) electrons. The Kier molecular flexibility index (Phi) is 5.56. The Morgan fingerprint density at radius 3 is 1.94 bits per heavy atom. The maximum Gasteiger partial charge on any atom is 0.216 e. The van der Waals surface area contributed by atoms with Crippen molar-refractivity contribution < 1.29 is 13.2 Å². The maximum absolute atomic E-state index is 11.9. The molecule has 0 amide bonds. The van der Waals surface area contributed by atoms with Crippen molar-refractivity contribution in [2.24, 2.45) is 11.3 Å². The van der Waals surface area contributed by atoms with Crippen LogP contribution >= 0.6 is 0 Å². The lowest BCUT2D eigenvalue weighted by atomic mass is 9.78. The summed E-state index contributed by atoms with van der Waals surface area (Å²) in [4.78, 5) is 11.8. The molecular formula is C13H27NO3S. The van der Waals surface area contributed by atoms with Crippen LogP contribution in [-0.2, 0) is 14.8 Å². The van der Waals surface area contributed by atoms with Gasteiger partial charge in [-0.2, -0.15) is 0 Å². The molecule has 0 aromatic carbocycles. The van der Waals surface area contributed by atoms with Crippen LogP contribution in [0.4, 0.5) is 0 Å². The zero-order valence-electron chi connectivity index (χ0n) is 12.6. The predicted molar refractivity (Wildman–Crippen MR) is 74.9 cm³/mol. The monoisotopic (exact) mass is 277 g/mol. The van der Waals surface area contributed by atoms with Gasteiger partial charge in [0.2, 0.25) is 10.0 Å². The van der Waals surface area contributed by atoms with Gasteiger partial charge in [-0.3, -0.25) is 4.79 Å². The molecule has 1 N–H and O–H groups in total. The van der Waals surface area contributed by atoms with Gasteiger partial charge in [-0.15, -0.1) is 0 Å². The number of ketones is 1. The van der Waals surface area contributed by atoms with E-state index < -0.39 is 14.8 Å². The minimum atomic E-state index is -3.35. The normalized spacial score (nSPS) is 14.0. The second-order valence-electron chi connectivity index (χ2n) is 6.61. The summed E-state index contributed by atoms with van der Waals surface area (Å²) < 4.78 is 25.3. The van der Waals surface area contributed by atoms with Crippen molar-refractivity contribution in [2.75, 3.05) is 7.05 Å². The van der Waals surface area contributed by atoms with E-state index in [4.69, 9.17) is 0 Å². The SMILES string of the molecule is CNS(=O)(=O)C(C)(C)CC(C)(C)CC(=O)C(C)C. The van der Waals surface area contributed by atoms with Gasteiger partial charge in [0, 0.05) is 12.3 Å². The van der Waals surface area contributed by atoms with Crippen molar-refractivity contribution in [3.05, 3.63) is 0 Å². The molecule has 18 heavy (non-hydrogen) atoms. The van der Waals surface area contributed by atoms with Crippen LogP contribution in [0.1, 0.15) is 54.4 Å². The van der Waals surface area contributed by atoms with Crippen LogP contribution in [0.3, 0.4) is 0 Å². The molecule has 108 valence electrons. The molecule has 0 bridgehead atoms. The quantitative estimate of drug-likeness (QED) is 0.777. The van der Waals surface area contributed by atoms with E-state index in [9.17, 15) is 13.2 Å². The summed E-state index contributed by atoms with van der Waals surface area (Å²) in [5.74, 6) is 0.172. The molecule has 0 aliphatic carbocycles. The van der Waals surface area contributed by atoms with Gasteiger partial charge in [-0.25, -0.2) is 13.1 Å². The molecule has 4 nitrogen and oxygen atoms in total. The van der Waals surface area contributed by atoms with Gasteiger partial charge in [0.1, 0.15) is 5.78 Å². The molecule has 0 saturated heterocycles. The molecule has 0 aromatic heterocycles. The molecular weight excluding hydrogens is 250 g/mol. The van der Waals surface area contributed by atoms with Crippen LogP contribution in [-0.4, -0.2) is 26.0 Å². The summed E-state index contributed by atoms with van der Waals surface area (Å²) >= 11 is 0. The van der Waals surface area contributed by atoms with E-state index in [1.807, 2.05) is 27.7 Å². The predicted octanol–water partition coefficient (Wildman–Crippen LogP) is 2.35. The Balaban J connectivity index is 4.93. The Labute approximate surface area is 112 Å². The second kappa shape index (κ2) is 5.70. The van der Waals surface area contributed by atoms with Crippen LogP contribution < -0.4 is 4.72 Å². The molecule has 0 heterocycles. The average Bonchev–Trinajstić information content (AvgIpc) is 2.14. The zero-order chi connectivity index (χ0) is 14.8. The number of rotatable bonds is 7. The highest BCUT2D eigenvalue weighted by molar-refractivity contribution is 7.90. The summed E-state index contributed by atoms with van der Waals surface area (Å²) in [5, 5.41) is 0. The average molecular weight is 277 g/mol. The first-order valence-electron chi connectivity index (χ1n) is 6.30.